The summed E-state index contributed by atoms with van der Waals surface area (Å²) in [6.45, 7) is 2.14. The highest BCUT2D eigenvalue weighted by Crippen LogP contribution is 2.34. The molecule has 136 valence electrons. The predicted octanol–water partition coefficient (Wildman–Crippen LogP) is 2.60. The number of likely N-dealkylation sites (tertiary alicyclic amines) is 1. The van der Waals surface area contributed by atoms with Crippen LogP contribution < -0.4 is 5.32 Å². The minimum Gasteiger partial charge on any atom is -0.387 e. The van der Waals surface area contributed by atoms with Gasteiger partial charge in [0, 0.05) is 55.6 Å². The second-order valence-electron chi connectivity index (χ2n) is 6.58. The summed E-state index contributed by atoms with van der Waals surface area (Å²) in [4.78, 5) is 20.5. The first-order valence-corrected chi connectivity index (χ1v) is 8.66. The number of amides is 1. The second-order valence-corrected chi connectivity index (χ2v) is 6.58. The summed E-state index contributed by atoms with van der Waals surface area (Å²) in [5, 5.41) is 8.61. The van der Waals surface area contributed by atoms with E-state index in [1.807, 2.05) is 25.5 Å². The predicted molar refractivity (Wildman–Crippen MR) is 97.7 cm³/mol. The summed E-state index contributed by atoms with van der Waals surface area (Å²) < 4.78 is 16.3. The van der Waals surface area contributed by atoms with Crippen LogP contribution in [0.15, 0.2) is 30.9 Å². The number of hydrogen-bond donors (Lipinski definition) is 2. The monoisotopic (exact) mass is 356 g/mol. The first kappa shape index (κ1) is 16.6. The molecule has 8 heteroatoms. The van der Waals surface area contributed by atoms with E-state index in [1.165, 1.54) is 6.92 Å². The van der Waals surface area contributed by atoms with Crippen molar-refractivity contribution in [2.45, 2.75) is 25.6 Å². The van der Waals surface area contributed by atoms with Gasteiger partial charge in [0.2, 0.25) is 5.91 Å². The van der Waals surface area contributed by atoms with Gasteiger partial charge in [-0.3, -0.25) is 9.48 Å². The topological polar surface area (TPSA) is 78.8 Å². The van der Waals surface area contributed by atoms with Crippen molar-refractivity contribution in [1.82, 2.24) is 24.6 Å². The van der Waals surface area contributed by atoms with Crippen molar-refractivity contribution >= 4 is 22.6 Å². The molecule has 2 N–H and O–H groups in total. The molecule has 1 aliphatic rings. The largest absolute Gasteiger partial charge is 0.387 e. The van der Waals surface area contributed by atoms with Crippen molar-refractivity contribution in [1.29, 1.82) is 0 Å². The number of carbonyl (C=O) groups excluding carboxylic acids is 1. The molecule has 3 aromatic rings. The molecule has 0 unspecified atom stereocenters. The molecule has 0 radical (unpaired) electrons. The first-order valence-electron chi connectivity index (χ1n) is 8.66. The van der Waals surface area contributed by atoms with Gasteiger partial charge in [-0.1, -0.05) is 0 Å². The summed E-state index contributed by atoms with van der Waals surface area (Å²) in [5.41, 5.74) is 3.57. The lowest BCUT2D eigenvalue weighted by atomic mass is 10.0. The van der Waals surface area contributed by atoms with Crippen molar-refractivity contribution in [3.8, 4) is 11.1 Å². The minimum absolute atomic E-state index is 0.0863. The Morgan fingerprint density at radius 1 is 1.42 bits per heavy atom. The van der Waals surface area contributed by atoms with E-state index in [0.717, 1.165) is 27.8 Å². The van der Waals surface area contributed by atoms with E-state index < -0.39 is 6.17 Å². The van der Waals surface area contributed by atoms with Gasteiger partial charge in [-0.05, 0) is 12.5 Å². The van der Waals surface area contributed by atoms with Crippen molar-refractivity contribution in [3.63, 3.8) is 0 Å². The zero-order valence-corrected chi connectivity index (χ0v) is 14.7. The molecule has 0 bridgehead atoms. The Balaban J connectivity index is 1.64. The number of hydrogen-bond acceptors (Lipinski definition) is 4. The van der Waals surface area contributed by atoms with E-state index in [1.54, 1.807) is 22.0 Å². The van der Waals surface area contributed by atoms with E-state index in [2.05, 4.69) is 20.4 Å². The molecule has 1 aliphatic heterocycles. The van der Waals surface area contributed by atoms with E-state index in [0.29, 0.717) is 13.0 Å². The van der Waals surface area contributed by atoms with Gasteiger partial charge < -0.3 is 15.2 Å². The highest BCUT2D eigenvalue weighted by atomic mass is 19.1. The lowest BCUT2D eigenvalue weighted by Gasteiger charge is -2.34. The third-order valence-electron chi connectivity index (χ3n) is 5.04. The first-order chi connectivity index (χ1) is 12.6. The summed E-state index contributed by atoms with van der Waals surface area (Å²) in [6.07, 6.45) is 6.65. The van der Waals surface area contributed by atoms with Gasteiger partial charge in [0.25, 0.3) is 0 Å². The molecule has 1 saturated heterocycles. The fourth-order valence-electron chi connectivity index (χ4n) is 3.63. The van der Waals surface area contributed by atoms with Gasteiger partial charge >= 0.3 is 0 Å². The Morgan fingerprint density at radius 2 is 2.27 bits per heavy atom. The molecular formula is C18H21FN6O. The number of pyridine rings is 1. The zero-order chi connectivity index (χ0) is 18.3. The van der Waals surface area contributed by atoms with Crippen LogP contribution in [-0.4, -0.2) is 56.9 Å². The molecule has 1 fully saturated rings. The second kappa shape index (κ2) is 6.44. The zero-order valence-electron chi connectivity index (χ0n) is 14.7. The number of carbonyl (C=O) groups is 1. The van der Waals surface area contributed by atoms with Gasteiger partial charge in [0.1, 0.15) is 11.8 Å². The van der Waals surface area contributed by atoms with Gasteiger partial charge in [0.05, 0.1) is 24.5 Å². The molecule has 2 atom stereocenters. The number of anilines is 1. The Bertz CT molecular complexity index is 948. The number of alkyl halides is 1. The minimum atomic E-state index is -1.13. The number of aromatic nitrogens is 4. The summed E-state index contributed by atoms with van der Waals surface area (Å²) in [6, 6.07) is 1.61. The maximum atomic E-state index is 14.6. The molecule has 4 heterocycles. The number of fused-ring (bicyclic) bond motifs is 1. The van der Waals surface area contributed by atoms with E-state index in [4.69, 9.17) is 0 Å². The highest BCUT2D eigenvalue weighted by molar-refractivity contribution is 5.97. The molecule has 7 nitrogen and oxygen atoms in total. The fourth-order valence-corrected chi connectivity index (χ4v) is 3.63. The number of halogens is 1. The maximum Gasteiger partial charge on any atom is 0.219 e. The van der Waals surface area contributed by atoms with Crippen LogP contribution in [0.3, 0.4) is 0 Å². The van der Waals surface area contributed by atoms with Gasteiger partial charge in [-0.25, -0.2) is 9.37 Å². The number of nitrogens with zero attached hydrogens (tertiary/aromatic N) is 4. The number of H-pyrrole nitrogens is 1. The van der Waals surface area contributed by atoms with E-state index in [9.17, 15) is 9.18 Å². The lowest BCUT2D eigenvalue weighted by Crippen LogP contribution is -2.44. The molecule has 0 spiro atoms. The molecule has 1 amide bonds. The normalized spacial score (nSPS) is 20.5. The van der Waals surface area contributed by atoms with Crippen LogP contribution in [-0.2, 0) is 4.79 Å². The van der Waals surface area contributed by atoms with Crippen LogP contribution >= 0.6 is 0 Å². The van der Waals surface area contributed by atoms with Crippen molar-refractivity contribution in [2.24, 2.45) is 0 Å². The van der Waals surface area contributed by atoms with Crippen molar-refractivity contribution in [3.05, 3.63) is 30.9 Å². The molecule has 3 aromatic heterocycles. The molecule has 0 aromatic carbocycles. The quantitative estimate of drug-likeness (QED) is 0.756. The summed E-state index contributed by atoms with van der Waals surface area (Å²) in [7, 11) is 1.87. The van der Waals surface area contributed by atoms with Gasteiger partial charge in [-0.2, -0.15) is 5.10 Å². The lowest BCUT2D eigenvalue weighted by molar-refractivity contribution is -0.131. The third-order valence-corrected chi connectivity index (χ3v) is 5.04. The number of rotatable bonds is 3. The molecule has 26 heavy (non-hydrogen) atoms. The molecule has 0 saturated carbocycles. The van der Waals surface area contributed by atoms with E-state index >= 15 is 0 Å². The van der Waals surface area contributed by atoms with Crippen LogP contribution in [0.2, 0.25) is 0 Å². The molecule has 4 rings (SSSR count). The Kier molecular flexibility index (Phi) is 4.10. The molecule has 0 aliphatic carbocycles. The van der Waals surface area contributed by atoms with Crippen LogP contribution in [0, 0.1) is 0 Å². The Hall–Kier alpha value is -2.90. The Morgan fingerprint density at radius 3 is 3.00 bits per heavy atom. The van der Waals surface area contributed by atoms with E-state index in [-0.39, 0.29) is 18.5 Å². The van der Waals surface area contributed by atoms with Gasteiger partial charge in [0.15, 0.2) is 0 Å². The third kappa shape index (κ3) is 2.71. The number of piperidine rings is 1. The maximum absolute atomic E-state index is 14.6. The smallest absolute Gasteiger partial charge is 0.219 e. The van der Waals surface area contributed by atoms with Crippen molar-refractivity contribution in [2.75, 3.05) is 25.5 Å². The summed E-state index contributed by atoms with van der Waals surface area (Å²) >= 11 is 0. The standard InChI is InChI=1S/C18H21FN6O/c1-11(26)24-6-4-16(15(19)10-24)25-9-12(7-23-25)14-8-22-18-13(3-5-21-18)17(14)20-2/h3,5,7-9,15-16H,4,6,10H2,1-2H3,(H2,20,21,22)/t15-,16-/m0/s1. The van der Waals surface area contributed by atoms with Crippen molar-refractivity contribution < 1.29 is 9.18 Å². The highest BCUT2D eigenvalue weighted by Gasteiger charge is 2.32. The number of nitrogens with one attached hydrogen (secondary N) is 2. The average Bonchev–Trinajstić information content (AvgIpc) is 3.29. The Labute approximate surface area is 150 Å². The van der Waals surface area contributed by atoms with Gasteiger partial charge in [-0.15, -0.1) is 0 Å². The van der Waals surface area contributed by atoms with Crippen LogP contribution in [0.1, 0.15) is 19.4 Å². The SMILES string of the molecule is CNc1c(-c2cnn([C@H]3CCN(C(C)=O)C[C@@H]3F)c2)cnc2[nH]ccc12. The average molecular weight is 356 g/mol. The van der Waals surface area contributed by atoms with Crippen LogP contribution in [0.5, 0.6) is 0 Å². The number of aromatic amines is 1. The van der Waals surface area contributed by atoms with Crippen LogP contribution in [0.4, 0.5) is 10.1 Å². The fraction of sp³-hybridized carbons (Fsp3) is 0.389. The van der Waals surface area contributed by atoms with Crippen LogP contribution in [0.25, 0.3) is 22.2 Å². The summed E-state index contributed by atoms with van der Waals surface area (Å²) in [5.74, 6) is -0.0863. The molecular weight excluding hydrogens is 335 g/mol.